The summed E-state index contributed by atoms with van der Waals surface area (Å²) < 4.78 is 49.3. The van der Waals surface area contributed by atoms with E-state index in [1.807, 2.05) is 42.5 Å². The Hall–Kier alpha value is -2.85. The first-order valence-corrected chi connectivity index (χ1v) is 11.0. The van der Waals surface area contributed by atoms with E-state index in [-0.39, 0.29) is 12.7 Å². The van der Waals surface area contributed by atoms with Crippen molar-refractivity contribution in [2.24, 2.45) is 5.73 Å². The maximum absolute atomic E-state index is 12.7. The summed E-state index contributed by atoms with van der Waals surface area (Å²) in [5.41, 5.74) is 9.71. The van der Waals surface area contributed by atoms with E-state index in [1.165, 1.54) is 6.08 Å². The average Bonchev–Trinajstić information content (AvgIpc) is 3.31. The second kappa shape index (κ2) is 10.2. The van der Waals surface area contributed by atoms with Crippen LogP contribution in [0.4, 0.5) is 18.9 Å². The highest BCUT2D eigenvalue weighted by atomic mass is 19.4. The summed E-state index contributed by atoms with van der Waals surface area (Å²) in [6, 6.07) is 13.7. The topological polar surface area (TPSA) is 80.0 Å². The van der Waals surface area contributed by atoms with E-state index < -0.39 is 24.2 Å². The molecule has 3 atom stereocenters. The van der Waals surface area contributed by atoms with Crippen LogP contribution in [0.25, 0.3) is 11.1 Å². The van der Waals surface area contributed by atoms with E-state index in [4.69, 9.17) is 15.2 Å². The van der Waals surface area contributed by atoms with Gasteiger partial charge in [0.2, 0.25) is 0 Å². The minimum Gasteiger partial charge on any atom is -0.392 e. The monoisotopic (exact) mass is 475 g/mol. The van der Waals surface area contributed by atoms with Crippen molar-refractivity contribution < 1.29 is 27.8 Å². The van der Waals surface area contributed by atoms with Gasteiger partial charge in [-0.25, -0.2) is 0 Å². The number of methoxy groups -OCH3 is 1. The maximum atomic E-state index is 12.7. The molecule has 34 heavy (non-hydrogen) atoms. The molecule has 6 nitrogen and oxygen atoms in total. The van der Waals surface area contributed by atoms with Gasteiger partial charge < -0.3 is 30.5 Å². The maximum Gasteiger partial charge on any atom is 0.417 e. The lowest BCUT2D eigenvalue weighted by atomic mass is 10.00. The Kier molecular flexibility index (Phi) is 7.27. The fourth-order valence-corrected chi connectivity index (χ4v) is 4.19. The predicted molar refractivity (Wildman–Crippen MR) is 124 cm³/mol. The molecule has 182 valence electrons. The van der Waals surface area contributed by atoms with Crippen molar-refractivity contribution in [3.05, 3.63) is 77.5 Å². The lowest BCUT2D eigenvalue weighted by Gasteiger charge is -2.25. The third-order valence-electron chi connectivity index (χ3n) is 6.08. The zero-order valence-corrected chi connectivity index (χ0v) is 18.8. The van der Waals surface area contributed by atoms with Crippen LogP contribution in [-0.2, 0) is 16.1 Å². The summed E-state index contributed by atoms with van der Waals surface area (Å²) in [6.07, 6.45) is -1.53. The number of hydrogen-bond donors (Lipinski definition) is 3. The molecular weight excluding hydrogens is 447 g/mol. The molecule has 9 heteroatoms. The van der Waals surface area contributed by atoms with Crippen LogP contribution in [-0.4, -0.2) is 43.8 Å². The van der Waals surface area contributed by atoms with Gasteiger partial charge in [-0.3, -0.25) is 0 Å². The fourth-order valence-electron chi connectivity index (χ4n) is 4.19. The zero-order valence-electron chi connectivity index (χ0n) is 18.8. The first-order chi connectivity index (χ1) is 16.3. The van der Waals surface area contributed by atoms with Crippen LogP contribution >= 0.6 is 0 Å². The van der Waals surface area contributed by atoms with E-state index in [0.717, 1.165) is 53.2 Å². The number of alkyl halides is 3. The highest BCUT2D eigenvalue weighted by Gasteiger charge is 2.34. The quantitative estimate of drug-likeness (QED) is 0.526. The normalized spacial score (nSPS) is 21.4. The van der Waals surface area contributed by atoms with Crippen molar-refractivity contribution in [2.75, 3.05) is 25.1 Å². The number of nitrogens with two attached hydrogens (primary N) is 1. The Morgan fingerprint density at radius 3 is 2.53 bits per heavy atom. The molecule has 2 aromatic rings. The second-order valence-corrected chi connectivity index (χ2v) is 8.32. The Balaban J connectivity index is 1.40. The lowest BCUT2D eigenvalue weighted by Crippen LogP contribution is -2.35. The van der Waals surface area contributed by atoms with Gasteiger partial charge in [-0.15, -0.1) is 0 Å². The number of hydrogen-bond acceptors (Lipinski definition) is 6. The molecule has 0 radical (unpaired) electrons. The van der Waals surface area contributed by atoms with E-state index in [1.54, 1.807) is 7.11 Å². The number of benzene rings is 2. The molecule has 4 rings (SSSR count). The molecule has 2 aliphatic heterocycles. The van der Waals surface area contributed by atoms with Crippen LogP contribution in [0.2, 0.25) is 0 Å². The predicted octanol–water partition coefficient (Wildman–Crippen LogP) is 3.98. The van der Waals surface area contributed by atoms with Crippen LogP contribution in [0.3, 0.4) is 0 Å². The summed E-state index contributed by atoms with van der Waals surface area (Å²) in [5, 5.41) is 12.7. The summed E-state index contributed by atoms with van der Waals surface area (Å²) in [7, 11) is 1.56. The molecule has 0 bridgehead atoms. The van der Waals surface area contributed by atoms with Crippen molar-refractivity contribution in [1.29, 1.82) is 0 Å². The third-order valence-corrected chi connectivity index (χ3v) is 6.08. The molecule has 2 aromatic carbocycles. The van der Waals surface area contributed by atoms with Gasteiger partial charge in [0.25, 0.3) is 0 Å². The van der Waals surface area contributed by atoms with Crippen LogP contribution in [0.5, 0.6) is 0 Å². The van der Waals surface area contributed by atoms with Gasteiger partial charge in [0.05, 0.1) is 18.3 Å². The number of dihydropyridines is 1. The van der Waals surface area contributed by atoms with E-state index in [0.29, 0.717) is 6.54 Å². The van der Waals surface area contributed by atoms with Gasteiger partial charge in [0, 0.05) is 37.7 Å². The van der Waals surface area contributed by atoms with Crippen molar-refractivity contribution in [3.63, 3.8) is 0 Å². The number of nitrogens with zero attached hydrogens (tertiary/aromatic N) is 1. The van der Waals surface area contributed by atoms with Crippen molar-refractivity contribution >= 4 is 5.69 Å². The third kappa shape index (κ3) is 5.44. The minimum absolute atomic E-state index is 0.115. The first kappa shape index (κ1) is 24.3. The molecule has 0 amide bonds. The molecule has 0 saturated carbocycles. The van der Waals surface area contributed by atoms with Gasteiger partial charge in [-0.1, -0.05) is 30.3 Å². The molecule has 4 N–H and O–H groups in total. The average molecular weight is 476 g/mol. The van der Waals surface area contributed by atoms with Gasteiger partial charge in [-0.2, -0.15) is 13.2 Å². The molecule has 2 heterocycles. The highest BCUT2D eigenvalue weighted by molar-refractivity contribution is 5.69. The largest absolute Gasteiger partial charge is 0.417 e. The van der Waals surface area contributed by atoms with Crippen molar-refractivity contribution in [3.8, 4) is 11.1 Å². The van der Waals surface area contributed by atoms with Crippen LogP contribution in [0.1, 0.15) is 23.8 Å². The zero-order chi connectivity index (χ0) is 24.3. The van der Waals surface area contributed by atoms with E-state index >= 15 is 0 Å². The molecule has 0 aliphatic carbocycles. The van der Waals surface area contributed by atoms with Crippen LogP contribution < -0.4 is 16.0 Å². The summed E-state index contributed by atoms with van der Waals surface area (Å²) in [4.78, 5) is 2.13. The summed E-state index contributed by atoms with van der Waals surface area (Å²) in [5.74, 6) is 0. The number of anilines is 1. The number of rotatable bonds is 7. The first-order valence-electron chi connectivity index (χ1n) is 11.0. The molecule has 1 fully saturated rings. The summed E-state index contributed by atoms with van der Waals surface area (Å²) >= 11 is 0. The number of ether oxygens (including phenoxy) is 2. The summed E-state index contributed by atoms with van der Waals surface area (Å²) in [6.45, 7) is 1.19. The Morgan fingerprint density at radius 1 is 1.18 bits per heavy atom. The molecule has 3 unspecified atom stereocenters. The van der Waals surface area contributed by atoms with Gasteiger partial charge in [0.1, 0.15) is 12.5 Å². The molecule has 0 aromatic heterocycles. The Bertz CT molecular complexity index is 1050. The SMILES string of the molecule is COC(N)c1ccc(-c2ccc(N3CCC(OC4C=CC(C(F)(F)F)=CN4)C3)c(CO)c2)cc1. The Morgan fingerprint density at radius 2 is 1.91 bits per heavy atom. The lowest BCUT2D eigenvalue weighted by molar-refractivity contribution is -0.0896. The molecular formula is C25H28F3N3O3. The number of aliphatic hydroxyl groups excluding tert-OH is 1. The number of allylic oxidation sites excluding steroid dienone is 2. The number of halogens is 3. The van der Waals surface area contributed by atoms with Gasteiger partial charge in [-0.05, 0) is 47.4 Å². The van der Waals surface area contributed by atoms with Crippen LogP contribution in [0, 0.1) is 0 Å². The standard InChI is InChI=1S/C25H28F3N3O3/c1-33-24(29)17-4-2-16(3-5-17)18-6-8-22(19(12-18)15-32)31-11-10-21(14-31)34-23-9-7-20(13-30-23)25(26,27)28/h2-9,12-13,21,23-24,30,32H,10-11,14-15,29H2,1H3. The van der Waals surface area contributed by atoms with E-state index in [9.17, 15) is 18.3 Å². The Labute approximate surface area is 196 Å². The molecule has 0 spiro atoms. The van der Waals surface area contributed by atoms with Gasteiger partial charge >= 0.3 is 6.18 Å². The van der Waals surface area contributed by atoms with Gasteiger partial charge in [0.15, 0.2) is 0 Å². The van der Waals surface area contributed by atoms with Crippen molar-refractivity contribution in [2.45, 2.75) is 37.8 Å². The minimum atomic E-state index is -4.38. The molecule has 2 aliphatic rings. The number of nitrogens with one attached hydrogen (secondary N) is 1. The second-order valence-electron chi connectivity index (χ2n) is 8.32. The van der Waals surface area contributed by atoms with E-state index in [2.05, 4.69) is 10.2 Å². The van der Waals surface area contributed by atoms with Crippen molar-refractivity contribution in [1.82, 2.24) is 5.32 Å². The number of aliphatic hydroxyl groups is 1. The molecule has 1 saturated heterocycles. The van der Waals surface area contributed by atoms with Crippen LogP contribution in [0.15, 0.2) is 66.4 Å². The fraction of sp³-hybridized carbons (Fsp3) is 0.360. The highest BCUT2D eigenvalue weighted by Crippen LogP contribution is 2.32. The smallest absolute Gasteiger partial charge is 0.392 e.